The van der Waals surface area contributed by atoms with Gasteiger partial charge in [0.05, 0.1) is 17.4 Å². The van der Waals surface area contributed by atoms with Gasteiger partial charge in [-0.3, -0.25) is 4.79 Å². The summed E-state index contributed by atoms with van der Waals surface area (Å²) in [5, 5.41) is 6.71. The second-order valence-corrected chi connectivity index (χ2v) is 6.28. The van der Waals surface area contributed by atoms with Gasteiger partial charge in [0.2, 0.25) is 0 Å². The Balaban J connectivity index is 0.00000364. The molecule has 1 heterocycles. The largest absolute Gasteiger partial charge is 0.434 e. The highest BCUT2D eigenvalue weighted by Gasteiger charge is 2.40. The minimum atomic E-state index is -4.76. The van der Waals surface area contributed by atoms with Crippen LogP contribution in [0.15, 0.2) is 30.5 Å². The number of nitrogens with zero attached hydrogens (tertiary/aromatic N) is 2. The van der Waals surface area contributed by atoms with E-state index in [9.17, 15) is 18.0 Å². The van der Waals surface area contributed by atoms with Crippen molar-refractivity contribution in [1.82, 2.24) is 15.1 Å². The lowest BCUT2D eigenvalue weighted by molar-refractivity contribution is -0.143. The van der Waals surface area contributed by atoms with Crippen molar-refractivity contribution in [2.24, 2.45) is 5.73 Å². The van der Waals surface area contributed by atoms with E-state index in [1.54, 1.807) is 0 Å². The number of carbonyl (C=O) groups excluding carboxylic acids is 1. The van der Waals surface area contributed by atoms with E-state index in [1.807, 2.05) is 6.92 Å². The number of hydrogen-bond acceptors (Lipinski definition) is 3. The van der Waals surface area contributed by atoms with Gasteiger partial charge in [0.1, 0.15) is 0 Å². The molecule has 1 atom stereocenters. The van der Waals surface area contributed by atoms with Crippen LogP contribution < -0.4 is 11.1 Å². The second kappa shape index (κ2) is 9.96. The van der Waals surface area contributed by atoms with Crippen LogP contribution in [-0.2, 0) is 6.18 Å². The van der Waals surface area contributed by atoms with E-state index < -0.39 is 23.3 Å². The summed E-state index contributed by atoms with van der Waals surface area (Å²) < 4.78 is 41.5. The molecule has 150 valence electrons. The Morgan fingerprint density at radius 2 is 1.96 bits per heavy atom. The summed E-state index contributed by atoms with van der Waals surface area (Å²) in [6.07, 6.45) is -1.52. The summed E-state index contributed by atoms with van der Waals surface area (Å²) in [5.41, 5.74) is 4.08. The number of aromatic nitrogens is 2. The second-order valence-electron chi connectivity index (χ2n) is 5.84. The number of nitrogens with one attached hydrogen (secondary N) is 1. The van der Waals surface area contributed by atoms with E-state index in [4.69, 9.17) is 17.3 Å². The third-order valence-electron chi connectivity index (χ3n) is 3.88. The molecule has 1 unspecified atom stereocenters. The number of carbonyl (C=O) groups is 1. The van der Waals surface area contributed by atoms with Gasteiger partial charge in [-0.05, 0) is 30.7 Å². The monoisotopic (exact) mass is 424 g/mol. The number of unbranched alkanes of at least 4 members (excludes halogenated alkanes) is 1. The molecule has 0 aliphatic carbocycles. The molecule has 0 bridgehead atoms. The van der Waals surface area contributed by atoms with Crippen molar-refractivity contribution in [2.45, 2.75) is 38.4 Å². The molecule has 2 aromatic rings. The number of amides is 1. The molecule has 3 N–H and O–H groups in total. The Kier molecular flexibility index (Phi) is 8.59. The fourth-order valence-corrected chi connectivity index (χ4v) is 2.65. The highest BCUT2D eigenvalue weighted by molar-refractivity contribution is 6.30. The average Bonchev–Trinajstić information content (AvgIpc) is 3.04. The van der Waals surface area contributed by atoms with Crippen LogP contribution in [0.5, 0.6) is 0 Å². The molecule has 10 heteroatoms. The maximum atomic E-state index is 13.6. The van der Waals surface area contributed by atoms with Crippen LogP contribution in [-0.4, -0.2) is 28.3 Å². The molecule has 5 nitrogen and oxygen atoms in total. The van der Waals surface area contributed by atoms with Crippen molar-refractivity contribution < 1.29 is 18.0 Å². The molecule has 1 aromatic heterocycles. The molecule has 0 radical (unpaired) electrons. The van der Waals surface area contributed by atoms with Gasteiger partial charge in [0.15, 0.2) is 5.69 Å². The zero-order chi connectivity index (χ0) is 19.3. The van der Waals surface area contributed by atoms with Gasteiger partial charge in [-0.15, -0.1) is 12.4 Å². The first-order valence-corrected chi connectivity index (χ1v) is 8.57. The number of rotatable bonds is 7. The lowest BCUT2D eigenvalue weighted by Crippen LogP contribution is -2.40. The van der Waals surface area contributed by atoms with E-state index in [1.165, 1.54) is 24.3 Å². The van der Waals surface area contributed by atoms with Crippen molar-refractivity contribution >= 4 is 29.9 Å². The summed E-state index contributed by atoms with van der Waals surface area (Å²) in [5.74, 6) is -0.843. The molecule has 0 spiro atoms. The zero-order valence-electron chi connectivity index (χ0n) is 14.6. The Hall–Kier alpha value is -1.77. The zero-order valence-corrected chi connectivity index (χ0v) is 16.2. The molecule has 1 amide bonds. The fourth-order valence-electron chi connectivity index (χ4n) is 2.53. The summed E-state index contributed by atoms with van der Waals surface area (Å²) in [7, 11) is 0. The summed E-state index contributed by atoms with van der Waals surface area (Å²) in [4.78, 5) is 12.4. The number of alkyl halides is 3. The molecular formula is C17H21Cl2F3N4O. The van der Waals surface area contributed by atoms with Crippen molar-refractivity contribution in [1.29, 1.82) is 0 Å². The molecule has 0 saturated carbocycles. The van der Waals surface area contributed by atoms with E-state index in [0.717, 1.165) is 19.0 Å². The summed E-state index contributed by atoms with van der Waals surface area (Å²) in [6, 6.07) is 5.32. The van der Waals surface area contributed by atoms with Crippen molar-refractivity contribution in [3.05, 3.63) is 46.7 Å². The Labute approximate surface area is 166 Å². The third-order valence-corrected chi connectivity index (χ3v) is 4.13. The van der Waals surface area contributed by atoms with Crippen LogP contribution in [0.3, 0.4) is 0 Å². The maximum Gasteiger partial charge on any atom is 0.434 e. The normalized spacial score (nSPS) is 12.4. The lowest BCUT2D eigenvalue weighted by Gasteiger charge is -2.17. The van der Waals surface area contributed by atoms with Gasteiger partial charge in [0, 0.05) is 17.6 Å². The van der Waals surface area contributed by atoms with Crippen LogP contribution in [0.25, 0.3) is 5.69 Å². The predicted octanol–water partition coefficient (Wildman–Crippen LogP) is 4.21. The quantitative estimate of drug-likeness (QED) is 0.698. The number of halogens is 5. The van der Waals surface area contributed by atoms with Gasteiger partial charge < -0.3 is 11.1 Å². The number of hydrogen-bond donors (Lipinski definition) is 2. The van der Waals surface area contributed by atoms with E-state index in [0.29, 0.717) is 16.1 Å². The maximum absolute atomic E-state index is 13.6. The first-order chi connectivity index (χ1) is 12.3. The fraction of sp³-hybridized carbons (Fsp3) is 0.412. The third kappa shape index (κ3) is 5.85. The molecule has 0 fully saturated rings. The van der Waals surface area contributed by atoms with Gasteiger partial charge in [0.25, 0.3) is 5.91 Å². The molecule has 1 aromatic carbocycles. The predicted molar refractivity (Wildman–Crippen MR) is 101 cm³/mol. The van der Waals surface area contributed by atoms with Crippen molar-refractivity contribution in [3.8, 4) is 5.69 Å². The summed E-state index contributed by atoms with van der Waals surface area (Å²) in [6.45, 7) is 2.13. The van der Waals surface area contributed by atoms with Crippen molar-refractivity contribution in [3.63, 3.8) is 0 Å². The average molecular weight is 425 g/mol. The minimum absolute atomic E-state index is 0. The molecule has 27 heavy (non-hydrogen) atoms. The van der Waals surface area contributed by atoms with Crippen LogP contribution in [0.2, 0.25) is 5.02 Å². The van der Waals surface area contributed by atoms with Crippen LogP contribution in [0.4, 0.5) is 13.2 Å². The number of benzene rings is 1. The van der Waals surface area contributed by atoms with E-state index in [-0.39, 0.29) is 30.7 Å². The number of nitrogens with two attached hydrogens (primary N) is 1. The van der Waals surface area contributed by atoms with Gasteiger partial charge in [-0.2, -0.15) is 18.3 Å². The Bertz CT molecular complexity index is 748. The molecule has 0 saturated heterocycles. The standard InChI is InChI=1S/C17H20ClF3N4O.ClH/c1-2-3-4-12(9-22)24-16(26)14-10-23-25(15(14)17(19,20)21)13-7-5-11(18)6-8-13;/h5-8,10,12H,2-4,9,22H2,1H3,(H,24,26);1H. The van der Waals surface area contributed by atoms with Crippen LogP contribution >= 0.6 is 24.0 Å². The highest BCUT2D eigenvalue weighted by atomic mass is 35.5. The topological polar surface area (TPSA) is 72.9 Å². The van der Waals surface area contributed by atoms with Crippen LogP contribution in [0, 0.1) is 0 Å². The summed E-state index contributed by atoms with van der Waals surface area (Å²) >= 11 is 5.77. The molecular weight excluding hydrogens is 404 g/mol. The van der Waals surface area contributed by atoms with Gasteiger partial charge in [-0.25, -0.2) is 4.68 Å². The minimum Gasteiger partial charge on any atom is -0.348 e. The van der Waals surface area contributed by atoms with Crippen LogP contribution in [0.1, 0.15) is 42.2 Å². The van der Waals surface area contributed by atoms with E-state index >= 15 is 0 Å². The van der Waals surface area contributed by atoms with Gasteiger partial charge >= 0.3 is 6.18 Å². The SMILES string of the molecule is CCCCC(CN)NC(=O)c1cnn(-c2ccc(Cl)cc2)c1C(F)(F)F.Cl. The Morgan fingerprint density at radius 3 is 2.48 bits per heavy atom. The first kappa shape index (κ1) is 23.3. The Morgan fingerprint density at radius 1 is 1.33 bits per heavy atom. The van der Waals surface area contributed by atoms with Crippen molar-refractivity contribution in [2.75, 3.05) is 6.54 Å². The molecule has 0 aliphatic heterocycles. The van der Waals surface area contributed by atoms with E-state index in [2.05, 4.69) is 10.4 Å². The first-order valence-electron chi connectivity index (χ1n) is 8.20. The molecule has 0 aliphatic rings. The lowest BCUT2D eigenvalue weighted by atomic mass is 10.1. The van der Waals surface area contributed by atoms with Gasteiger partial charge in [-0.1, -0.05) is 31.4 Å². The molecule has 2 rings (SSSR count). The smallest absolute Gasteiger partial charge is 0.348 e. The highest BCUT2D eigenvalue weighted by Crippen LogP contribution is 2.33.